The molecule has 2 rings (SSSR count). The van der Waals surface area contributed by atoms with Gasteiger partial charge < -0.3 is 10.4 Å². The highest BCUT2D eigenvalue weighted by Gasteiger charge is 2.19. The lowest BCUT2D eigenvalue weighted by atomic mass is 10.2. The average molecular weight is 330 g/mol. The summed E-state index contributed by atoms with van der Waals surface area (Å²) in [7, 11) is 1.54. The molecular formula is C15H14N4O3S. The monoisotopic (exact) mass is 330 g/mol. The number of carboxylic acids is 1. The van der Waals surface area contributed by atoms with Gasteiger partial charge in [0.15, 0.2) is 5.11 Å². The molecule has 0 atom stereocenters. The number of thiocarbonyl (C=S) groups is 1. The normalized spacial score (nSPS) is 9.78. The summed E-state index contributed by atoms with van der Waals surface area (Å²) in [6.45, 7) is 0. The molecule has 0 bridgehead atoms. The number of carbonyl (C=O) groups is 2. The highest BCUT2D eigenvalue weighted by Crippen LogP contribution is 2.07. The van der Waals surface area contributed by atoms with Crippen LogP contribution >= 0.6 is 12.2 Å². The average Bonchev–Trinajstić information content (AvgIpc) is 2.55. The number of benzene rings is 1. The number of pyridine rings is 1. The van der Waals surface area contributed by atoms with Gasteiger partial charge in [-0.2, -0.15) is 0 Å². The molecule has 0 saturated heterocycles. The van der Waals surface area contributed by atoms with Crippen LogP contribution in [0.15, 0.2) is 48.7 Å². The van der Waals surface area contributed by atoms with Crippen LogP contribution in [0.25, 0.3) is 0 Å². The summed E-state index contributed by atoms with van der Waals surface area (Å²) in [6, 6.07) is 12.0. The van der Waals surface area contributed by atoms with E-state index in [9.17, 15) is 9.59 Å². The van der Waals surface area contributed by atoms with Crippen molar-refractivity contribution in [3.63, 3.8) is 0 Å². The topological polar surface area (TPSA) is 94.6 Å². The molecule has 3 N–H and O–H groups in total. The Morgan fingerprint density at radius 3 is 2.52 bits per heavy atom. The van der Waals surface area contributed by atoms with Crippen LogP contribution in [0.3, 0.4) is 0 Å². The van der Waals surface area contributed by atoms with E-state index in [0.717, 1.165) is 5.69 Å². The Morgan fingerprint density at radius 2 is 1.87 bits per heavy atom. The Kier molecular flexibility index (Phi) is 5.21. The molecule has 1 amide bonds. The lowest BCUT2D eigenvalue weighted by molar-refractivity contribution is 0.0687. The minimum atomic E-state index is -1.23. The number of amides is 1. The van der Waals surface area contributed by atoms with Gasteiger partial charge in [-0.05, 0) is 36.5 Å². The molecule has 1 aromatic heterocycles. The third kappa shape index (κ3) is 4.24. The minimum absolute atomic E-state index is 0.180. The molecule has 1 aromatic carbocycles. The maximum absolute atomic E-state index is 12.2. The van der Waals surface area contributed by atoms with Gasteiger partial charge in [0.1, 0.15) is 5.69 Å². The van der Waals surface area contributed by atoms with Gasteiger partial charge >= 0.3 is 5.97 Å². The Labute approximate surface area is 137 Å². The van der Waals surface area contributed by atoms with E-state index >= 15 is 0 Å². The van der Waals surface area contributed by atoms with Crippen LogP contribution < -0.4 is 10.7 Å². The molecular weight excluding hydrogens is 316 g/mol. The maximum atomic E-state index is 12.2. The molecule has 0 unspecified atom stereocenters. The van der Waals surface area contributed by atoms with Gasteiger partial charge in [0.2, 0.25) is 0 Å². The van der Waals surface area contributed by atoms with Crippen LogP contribution in [-0.4, -0.2) is 39.1 Å². The third-order valence-corrected chi connectivity index (χ3v) is 3.23. The minimum Gasteiger partial charge on any atom is -0.478 e. The molecule has 7 nitrogen and oxygen atoms in total. The van der Waals surface area contributed by atoms with Gasteiger partial charge in [-0.1, -0.05) is 18.2 Å². The van der Waals surface area contributed by atoms with E-state index in [1.54, 1.807) is 7.05 Å². The van der Waals surface area contributed by atoms with Crippen LogP contribution in [0.4, 0.5) is 5.69 Å². The van der Waals surface area contributed by atoms with Crippen molar-refractivity contribution in [3.8, 4) is 0 Å². The second kappa shape index (κ2) is 7.32. The largest absolute Gasteiger partial charge is 0.478 e. The van der Waals surface area contributed by atoms with Crippen molar-refractivity contribution in [2.75, 3.05) is 12.4 Å². The number of para-hydroxylation sites is 1. The first kappa shape index (κ1) is 16.4. The Morgan fingerprint density at radius 1 is 1.17 bits per heavy atom. The number of carbonyl (C=O) groups excluding carboxylic acids is 1. The van der Waals surface area contributed by atoms with E-state index in [1.807, 2.05) is 30.3 Å². The van der Waals surface area contributed by atoms with Crippen LogP contribution in [0.1, 0.15) is 20.8 Å². The number of anilines is 1. The zero-order valence-corrected chi connectivity index (χ0v) is 13.0. The molecule has 8 heteroatoms. The summed E-state index contributed by atoms with van der Waals surface area (Å²) in [5.41, 5.74) is 2.88. The van der Waals surface area contributed by atoms with Gasteiger partial charge in [-0.15, -0.1) is 0 Å². The highest BCUT2D eigenvalue weighted by atomic mass is 32.1. The number of aromatic carboxylic acids is 1. The lowest BCUT2D eigenvalue weighted by Gasteiger charge is -2.21. The van der Waals surface area contributed by atoms with E-state index in [-0.39, 0.29) is 16.4 Å². The fourth-order valence-electron chi connectivity index (χ4n) is 1.74. The number of aromatic nitrogens is 1. The quantitative estimate of drug-likeness (QED) is 0.583. The molecule has 0 radical (unpaired) electrons. The summed E-state index contributed by atoms with van der Waals surface area (Å²) in [5.74, 6) is -1.89. The van der Waals surface area contributed by atoms with Crippen molar-refractivity contribution in [1.82, 2.24) is 15.4 Å². The molecule has 1 heterocycles. The van der Waals surface area contributed by atoms with Crippen LogP contribution in [0.2, 0.25) is 0 Å². The first-order chi connectivity index (χ1) is 11.0. The van der Waals surface area contributed by atoms with Crippen LogP contribution in [0.5, 0.6) is 0 Å². The predicted octanol–water partition coefficient (Wildman–Crippen LogP) is 1.75. The van der Waals surface area contributed by atoms with E-state index in [2.05, 4.69) is 15.7 Å². The van der Waals surface area contributed by atoms with Crippen molar-refractivity contribution in [1.29, 1.82) is 0 Å². The third-order valence-electron chi connectivity index (χ3n) is 2.85. The van der Waals surface area contributed by atoms with Gasteiger partial charge in [0.05, 0.1) is 5.56 Å². The van der Waals surface area contributed by atoms with E-state index < -0.39 is 11.9 Å². The SMILES string of the molecule is CN(NC(=O)c1ncccc1C(=O)O)C(=S)Nc1ccccc1. The van der Waals surface area contributed by atoms with Crippen LogP contribution in [0, 0.1) is 0 Å². The van der Waals surface area contributed by atoms with Gasteiger partial charge in [0.25, 0.3) is 5.91 Å². The predicted molar refractivity (Wildman–Crippen MR) is 89.1 cm³/mol. The van der Waals surface area contributed by atoms with Crippen LogP contribution in [-0.2, 0) is 0 Å². The second-order valence-electron chi connectivity index (χ2n) is 4.50. The van der Waals surface area contributed by atoms with Crippen molar-refractivity contribution >= 4 is 34.9 Å². The molecule has 0 aliphatic rings. The Bertz CT molecular complexity index is 737. The second-order valence-corrected chi connectivity index (χ2v) is 4.89. The number of nitrogens with zero attached hydrogens (tertiary/aromatic N) is 2. The summed E-state index contributed by atoms with van der Waals surface area (Å²) in [4.78, 5) is 27.1. The molecule has 0 spiro atoms. The van der Waals surface area contributed by atoms with E-state index in [1.165, 1.54) is 23.3 Å². The highest BCUT2D eigenvalue weighted by molar-refractivity contribution is 7.80. The van der Waals surface area contributed by atoms with E-state index in [4.69, 9.17) is 17.3 Å². The molecule has 0 saturated carbocycles. The molecule has 118 valence electrons. The molecule has 23 heavy (non-hydrogen) atoms. The number of rotatable bonds is 3. The van der Waals surface area contributed by atoms with Crippen molar-refractivity contribution in [3.05, 3.63) is 59.9 Å². The van der Waals surface area contributed by atoms with Gasteiger partial charge in [0, 0.05) is 18.9 Å². The molecule has 0 aliphatic carbocycles. The lowest BCUT2D eigenvalue weighted by Crippen LogP contribution is -2.45. The fraction of sp³-hybridized carbons (Fsp3) is 0.0667. The summed E-state index contributed by atoms with van der Waals surface area (Å²) in [6.07, 6.45) is 1.35. The van der Waals surface area contributed by atoms with Gasteiger partial charge in [-0.3, -0.25) is 20.2 Å². The van der Waals surface area contributed by atoms with Crippen molar-refractivity contribution in [2.24, 2.45) is 0 Å². The van der Waals surface area contributed by atoms with Crippen molar-refractivity contribution < 1.29 is 14.7 Å². The zero-order valence-electron chi connectivity index (χ0n) is 12.2. The summed E-state index contributed by atoms with van der Waals surface area (Å²) < 4.78 is 0. The number of hydrazine groups is 1. The Balaban J connectivity index is 2.05. The molecule has 0 fully saturated rings. The fourth-order valence-corrected chi connectivity index (χ4v) is 1.91. The maximum Gasteiger partial charge on any atom is 0.338 e. The smallest absolute Gasteiger partial charge is 0.338 e. The standard InChI is InChI=1S/C15H14N4O3S/c1-19(15(23)17-10-6-3-2-4-7-10)18-13(20)12-11(14(21)22)8-5-9-16-12/h2-9H,1H3,(H,17,23)(H,18,20)(H,21,22). The summed E-state index contributed by atoms with van der Waals surface area (Å²) in [5, 5.41) is 13.6. The first-order valence-electron chi connectivity index (χ1n) is 6.58. The molecule has 0 aliphatic heterocycles. The number of nitrogens with one attached hydrogen (secondary N) is 2. The van der Waals surface area contributed by atoms with Gasteiger partial charge in [-0.25, -0.2) is 4.79 Å². The summed E-state index contributed by atoms with van der Waals surface area (Å²) >= 11 is 5.17. The Hall–Kier alpha value is -3.00. The number of hydrogen-bond acceptors (Lipinski definition) is 4. The van der Waals surface area contributed by atoms with E-state index in [0.29, 0.717) is 0 Å². The first-order valence-corrected chi connectivity index (χ1v) is 6.99. The van der Waals surface area contributed by atoms with Crippen molar-refractivity contribution in [2.45, 2.75) is 0 Å². The number of hydrogen-bond donors (Lipinski definition) is 3. The molecule has 2 aromatic rings. The number of carboxylic acid groups (broad SMARTS) is 1. The zero-order chi connectivity index (χ0) is 16.8.